The average molecular weight is 525 g/mol. The number of rotatable bonds is 5. The maximum Gasteiger partial charge on any atom is 0.354 e. The van der Waals surface area contributed by atoms with Crippen LogP contribution < -0.4 is 4.90 Å². The van der Waals surface area contributed by atoms with Crippen molar-refractivity contribution in [2.24, 2.45) is 0 Å². The molecule has 135 valence electrons. The molecule has 0 aliphatic rings. The van der Waals surface area contributed by atoms with E-state index < -0.39 is 5.97 Å². The standard InChI is InChI=1S/C20H18N3O2.Ir/c1-14(16-10-6-12-18(21-16)20(24)25)17-11-7-13-19(22-17)23(2)15-8-4-3-5-9-15;/h3-8,10-14H,1-2H3,(H,24,25);/q-1;. The summed E-state index contributed by atoms with van der Waals surface area (Å²) < 4.78 is 0. The van der Waals surface area contributed by atoms with Gasteiger partial charge in [0.05, 0.1) is 11.4 Å². The predicted octanol–water partition coefficient (Wildman–Crippen LogP) is 3.89. The van der Waals surface area contributed by atoms with Gasteiger partial charge in [0.15, 0.2) is 0 Å². The normalized spacial score (nSPS) is 11.3. The van der Waals surface area contributed by atoms with E-state index in [1.54, 1.807) is 6.07 Å². The molecule has 5 nitrogen and oxygen atoms in total. The number of carboxylic acid groups (broad SMARTS) is 1. The molecule has 1 unspecified atom stereocenters. The van der Waals surface area contributed by atoms with Crippen LogP contribution in [0.5, 0.6) is 0 Å². The third kappa shape index (κ3) is 4.34. The number of carbonyl (C=O) groups is 1. The molecule has 0 spiro atoms. The van der Waals surface area contributed by atoms with Crippen molar-refractivity contribution in [1.29, 1.82) is 0 Å². The van der Waals surface area contributed by atoms with Gasteiger partial charge in [-0.3, -0.25) is 0 Å². The van der Waals surface area contributed by atoms with E-state index in [1.165, 1.54) is 6.07 Å². The number of nitrogens with zero attached hydrogens (tertiary/aromatic N) is 3. The van der Waals surface area contributed by atoms with Gasteiger partial charge in [0.1, 0.15) is 11.5 Å². The van der Waals surface area contributed by atoms with Gasteiger partial charge in [-0.25, -0.2) is 14.8 Å². The quantitative estimate of drug-likeness (QED) is 0.513. The minimum atomic E-state index is -1.03. The number of aromatic nitrogens is 2. The van der Waals surface area contributed by atoms with E-state index in [4.69, 9.17) is 10.1 Å². The number of anilines is 2. The zero-order valence-corrected chi connectivity index (χ0v) is 16.8. The molecule has 0 aliphatic heterocycles. The van der Waals surface area contributed by atoms with E-state index in [0.717, 1.165) is 17.2 Å². The molecule has 2 heterocycles. The molecular formula is C20H18IrN3O2-. The number of pyridine rings is 2. The van der Waals surface area contributed by atoms with Crippen LogP contribution in [0.4, 0.5) is 11.5 Å². The largest absolute Gasteiger partial charge is 0.477 e. The van der Waals surface area contributed by atoms with Crippen LogP contribution in [0.2, 0.25) is 0 Å². The summed E-state index contributed by atoms with van der Waals surface area (Å²) in [6, 6.07) is 21.7. The van der Waals surface area contributed by atoms with Crippen LogP contribution in [0.1, 0.15) is 34.7 Å². The average Bonchev–Trinajstić information content (AvgIpc) is 2.67. The molecule has 6 heteroatoms. The van der Waals surface area contributed by atoms with Crippen molar-refractivity contribution < 1.29 is 30.0 Å². The van der Waals surface area contributed by atoms with Crippen LogP contribution in [0.3, 0.4) is 0 Å². The van der Waals surface area contributed by atoms with Crippen molar-refractivity contribution in [3.63, 3.8) is 0 Å². The smallest absolute Gasteiger partial charge is 0.354 e. The van der Waals surface area contributed by atoms with Gasteiger partial charge in [0.2, 0.25) is 0 Å². The van der Waals surface area contributed by atoms with Gasteiger partial charge in [-0.2, -0.15) is 24.3 Å². The molecule has 0 fully saturated rings. The van der Waals surface area contributed by atoms with Crippen LogP contribution in [0, 0.1) is 6.07 Å². The van der Waals surface area contributed by atoms with Crippen molar-refractivity contribution in [2.45, 2.75) is 12.8 Å². The number of para-hydroxylation sites is 1. The Bertz CT molecular complexity index is 887. The van der Waals surface area contributed by atoms with Gasteiger partial charge in [-0.15, -0.1) is 6.07 Å². The minimum absolute atomic E-state index is 0. The van der Waals surface area contributed by atoms with Gasteiger partial charge in [0.25, 0.3) is 0 Å². The second-order valence-electron chi connectivity index (χ2n) is 5.70. The maximum atomic E-state index is 11.1. The first-order valence-electron chi connectivity index (χ1n) is 7.94. The summed E-state index contributed by atoms with van der Waals surface area (Å²) in [5, 5.41) is 9.12. The van der Waals surface area contributed by atoms with Crippen molar-refractivity contribution in [2.75, 3.05) is 11.9 Å². The summed E-state index contributed by atoms with van der Waals surface area (Å²) in [7, 11) is 1.94. The Morgan fingerprint density at radius 1 is 1.04 bits per heavy atom. The van der Waals surface area contributed by atoms with Crippen molar-refractivity contribution in [1.82, 2.24) is 9.97 Å². The van der Waals surface area contributed by atoms with E-state index in [1.807, 2.05) is 67.4 Å². The van der Waals surface area contributed by atoms with Crippen LogP contribution in [0.15, 0.2) is 60.7 Å². The van der Waals surface area contributed by atoms with E-state index in [9.17, 15) is 4.79 Å². The first kappa shape index (κ1) is 19.8. The third-order valence-electron chi connectivity index (χ3n) is 4.03. The van der Waals surface area contributed by atoms with Gasteiger partial charge in [-0.05, 0) is 24.3 Å². The zero-order valence-electron chi connectivity index (χ0n) is 14.4. The summed E-state index contributed by atoms with van der Waals surface area (Å²) in [4.78, 5) is 22.0. The fourth-order valence-electron chi connectivity index (χ4n) is 2.55. The van der Waals surface area contributed by atoms with Crippen LogP contribution in [-0.4, -0.2) is 28.1 Å². The maximum absolute atomic E-state index is 11.1. The summed E-state index contributed by atoms with van der Waals surface area (Å²) in [5.74, 6) is -0.358. The van der Waals surface area contributed by atoms with Crippen LogP contribution >= 0.6 is 0 Å². The number of hydrogen-bond donors (Lipinski definition) is 1. The molecule has 1 aromatic carbocycles. The minimum Gasteiger partial charge on any atom is -0.477 e. The number of benzene rings is 1. The predicted molar refractivity (Wildman–Crippen MR) is 96.3 cm³/mol. The Morgan fingerprint density at radius 2 is 1.73 bits per heavy atom. The molecule has 0 aliphatic carbocycles. The molecule has 2 aromatic heterocycles. The van der Waals surface area contributed by atoms with Crippen molar-refractivity contribution >= 4 is 17.5 Å². The zero-order chi connectivity index (χ0) is 17.8. The second-order valence-corrected chi connectivity index (χ2v) is 5.70. The molecule has 0 saturated carbocycles. The molecule has 1 N–H and O–H groups in total. The summed E-state index contributed by atoms with van der Waals surface area (Å²) in [5.41, 5.74) is 2.47. The molecule has 0 bridgehead atoms. The Hall–Kier alpha value is -2.56. The SMILES string of the molecule is CC(c1cccc(C(=O)O)n1)c1cccc(N(C)c2[c-]cccc2)n1.[Ir]. The summed E-state index contributed by atoms with van der Waals surface area (Å²) in [6.07, 6.45) is 0. The molecule has 1 atom stereocenters. The fourth-order valence-corrected chi connectivity index (χ4v) is 2.55. The molecule has 0 amide bonds. The first-order valence-corrected chi connectivity index (χ1v) is 7.94. The van der Waals surface area contributed by atoms with Crippen LogP contribution in [0.25, 0.3) is 0 Å². The van der Waals surface area contributed by atoms with Gasteiger partial charge >= 0.3 is 5.97 Å². The van der Waals surface area contributed by atoms with Crippen LogP contribution in [-0.2, 0) is 20.1 Å². The Kier molecular flexibility index (Phi) is 6.61. The molecule has 3 rings (SSSR count). The molecular weight excluding hydrogens is 506 g/mol. The molecule has 26 heavy (non-hydrogen) atoms. The van der Waals surface area contributed by atoms with Crippen molar-refractivity contribution in [3.8, 4) is 0 Å². The van der Waals surface area contributed by atoms with Gasteiger partial charge < -0.3 is 10.0 Å². The van der Waals surface area contributed by atoms with Crippen molar-refractivity contribution in [3.05, 3.63) is 83.8 Å². The first-order chi connectivity index (χ1) is 12.1. The van der Waals surface area contributed by atoms with E-state index >= 15 is 0 Å². The topological polar surface area (TPSA) is 66.3 Å². The molecule has 1 radical (unpaired) electrons. The molecule has 3 aromatic rings. The van der Waals surface area contributed by atoms with E-state index in [-0.39, 0.29) is 31.7 Å². The number of aromatic carboxylic acids is 1. The Morgan fingerprint density at radius 3 is 2.38 bits per heavy atom. The van der Waals surface area contributed by atoms with E-state index in [2.05, 4.69) is 11.1 Å². The summed E-state index contributed by atoms with van der Waals surface area (Å²) >= 11 is 0. The Balaban J connectivity index is 0.00000243. The Labute approximate surface area is 166 Å². The van der Waals surface area contributed by atoms with E-state index in [0.29, 0.717) is 5.69 Å². The monoisotopic (exact) mass is 525 g/mol. The summed E-state index contributed by atoms with van der Waals surface area (Å²) in [6.45, 7) is 1.97. The molecule has 0 saturated heterocycles. The van der Waals surface area contributed by atoms with Gasteiger partial charge in [-0.1, -0.05) is 24.7 Å². The number of carboxylic acids is 1. The number of hydrogen-bond acceptors (Lipinski definition) is 4. The third-order valence-corrected chi connectivity index (χ3v) is 4.03. The fraction of sp³-hybridized carbons (Fsp3) is 0.150. The van der Waals surface area contributed by atoms with Gasteiger partial charge in [0, 0.05) is 33.1 Å². The second kappa shape index (κ2) is 8.70.